The van der Waals surface area contributed by atoms with E-state index >= 15 is 0 Å². The Morgan fingerprint density at radius 2 is 2.07 bits per heavy atom. The van der Waals surface area contributed by atoms with Crippen LogP contribution in [-0.4, -0.2) is 66.4 Å². The molecule has 0 amide bonds. The summed E-state index contributed by atoms with van der Waals surface area (Å²) in [6, 6.07) is 4.18. The average Bonchev–Trinajstić information content (AvgIpc) is 3.68. The van der Waals surface area contributed by atoms with E-state index in [1.807, 2.05) is 12.1 Å². The van der Waals surface area contributed by atoms with Gasteiger partial charge in [-0.1, -0.05) is 42.5 Å². The van der Waals surface area contributed by atoms with Crippen LogP contribution in [0, 0.1) is 28.6 Å². The van der Waals surface area contributed by atoms with Crippen molar-refractivity contribution in [1.82, 2.24) is 19.7 Å². The fourth-order valence-electron chi connectivity index (χ4n) is 9.95. The summed E-state index contributed by atoms with van der Waals surface area (Å²) in [6.45, 7) is 6.01. The van der Waals surface area contributed by atoms with Gasteiger partial charge < -0.3 is 14.9 Å². The Labute approximate surface area is 260 Å². The van der Waals surface area contributed by atoms with Gasteiger partial charge in [0.25, 0.3) is 0 Å². The summed E-state index contributed by atoms with van der Waals surface area (Å²) in [5, 5.41) is 29.0. The minimum Gasteiger partial charge on any atom is -0.393 e. The number of aliphatic hydroxyl groups excluding tert-OH is 1. The molecule has 5 aliphatic rings. The first-order chi connectivity index (χ1) is 20.7. The quantitative estimate of drug-likeness (QED) is 0.361. The largest absolute Gasteiger partial charge is 0.393 e. The molecule has 1 aliphatic heterocycles. The monoisotopic (exact) mass is 620 g/mol. The van der Waals surface area contributed by atoms with Crippen LogP contribution in [0.3, 0.4) is 0 Å². The van der Waals surface area contributed by atoms with Crippen molar-refractivity contribution in [2.75, 3.05) is 19.0 Å². The number of thiazole rings is 1. The summed E-state index contributed by atoms with van der Waals surface area (Å²) >= 11 is 2.88. The van der Waals surface area contributed by atoms with Gasteiger partial charge in [0.05, 0.1) is 29.8 Å². The van der Waals surface area contributed by atoms with Crippen molar-refractivity contribution in [3.63, 3.8) is 0 Å². The summed E-state index contributed by atoms with van der Waals surface area (Å²) in [5.74, 6) is 0.620. The molecule has 0 bridgehead atoms. The van der Waals surface area contributed by atoms with Crippen LogP contribution in [0.15, 0.2) is 34.4 Å². The third-order valence-electron chi connectivity index (χ3n) is 12.1. The molecule has 5 unspecified atom stereocenters. The van der Waals surface area contributed by atoms with E-state index in [0.29, 0.717) is 18.9 Å². The maximum absolute atomic E-state index is 13.8. The first kappa shape index (κ1) is 28.4. The molecule has 0 spiro atoms. The minimum atomic E-state index is -1.44. The van der Waals surface area contributed by atoms with Gasteiger partial charge in [-0.25, -0.2) is 9.97 Å². The fraction of sp³-hybridized carbons (Fsp3) is 0.636. The molecule has 228 valence electrons. The second-order valence-corrected chi connectivity index (χ2v) is 16.2. The van der Waals surface area contributed by atoms with Crippen LogP contribution < -0.4 is 0 Å². The molecule has 10 heteroatoms. The maximum Gasteiger partial charge on any atom is 0.175 e. The lowest BCUT2D eigenvalue weighted by molar-refractivity contribution is -0.177. The zero-order valence-electron chi connectivity index (χ0n) is 24.9. The molecule has 43 heavy (non-hydrogen) atoms. The number of aromatic nitrogens is 4. The van der Waals surface area contributed by atoms with E-state index in [1.165, 1.54) is 39.9 Å². The molecule has 4 heterocycles. The number of carbonyl (C=O) groups excluding carboxylic acids is 1. The average molecular weight is 621 g/mol. The van der Waals surface area contributed by atoms with E-state index in [0.717, 1.165) is 66.4 Å². The normalized spacial score (nSPS) is 37.3. The molecule has 0 radical (unpaired) electrons. The number of ether oxygens (including phenoxy) is 1. The third kappa shape index (κ3) is 4.19. The van der Waals surface area contributed by atoms with Gasteiger partial charge in [0.2, 0.25) is 0 Å². The van der Waals surface area contributed by atoms with Gasteiger partial charge in [0.1, 0.15) is 15.9 Å². The van der Waals surface area contributed by atoms with Gasteiger partial charge >= 0.3 is 0 Å². The van der Waals surface area contributed by atoms with Crippen molar-refractivity contribution in [2.24, 2.45) is 28.6 Å². The van der Waals surface area contributed by atoms with Crippen molar-refractivity contribution < 1.29 is 19.7 Å². The SMILES string of the molecule is CC12Cc3cnn(C4CCOCC4)c3C=C1CCC1C2[C@@H](O)CC2(C)C1CC[C@]2(O)C(=O)CSc1nc2cccnc2s1. The highest BCUT2D eigenvalue weighted by atomic mass is 32.2. The molecule has 8 rings (SSSR count). The van der Waals surface area contributed by atoms with Crippen LogP contribution in [-0.2, 0) is 16.0 Å². The molecular formula is C33H40N4O4S2. The summed E-state index contributed by atoms with van der Waals surface area (Å²) in [7, 11) is 0. The number of fused-ring (bicyclic) bond motifs is 7. The van der Waals surface area contributed by atoms with Gasteiger partial charge in [0.15, 0.2) is 10.1 Å². The zero-order valence-corrected chi connectivity index (χ0v) is 26.5. The summed E-state index contributed by atoms with van der Waals surface area (Å²) in [5.41, 5.74) is 2.55. The number of rotatable bonds is 5. The summed E-state index contributed by atoms with van der Waals surface area (Å²) in [6.07, 6.45) is 12.2. The van der Waals surface area contributed by atoms with Crippen LogP contribution >= 0.6 is 23.1 Å². The van der Waals surface area contributed by atoms with Gasteiger partial charge in [-0.05, 0) is 98.3 Å². The second-order valence-electron chi connectivity index (χ2n) is 14.0. The number of nitrogens with zero attached hydrogens (tertiary/aromatic N) is 4. The molecule has 4 aliphatic carbocycles. The summed E-state index contributed by atoms with van der Waals surface area (Å²) in [4.78, 5) is 23.7. The molecule has 3 aromatic rings. The van der Waals surface area contributed by atoms with Crippen LogP contribution in [0.25, 0.3) is 16.4 Å². The predicted molar refractivity (Wildman–Crippen MR) is 167 cm³/mol. The van der Waals surface area contributed by atoms with E-state index in [1.54, 1.807) is 6.20 Å². The Morgan fingerprint density at radius 3 is 2.88 bits per heavy atom. The molecule has 3 saturated carbocycles. The zero-order chi connectivity index (χ0) is 29.6. The third-order valence-corrected chi connectivity index (χ3v) is 14.2. The first-order valence-electron chi connectivity index (χ1n) is 15.8. The van der Waals surface area contributed by atoms with E-state index in [2.05, 4.69) is 40.8 Å². The predicted octanol–water partition coefficient (Wildman–Crippen LogP) is 5.48. The van der Waals surface area contributed by atoms with Gasteiger partial charge in [-0.2, -0.15) is 5.10 Å². The Bertz CT molecular complexity index is 1580. The lowest BCUT2D eigenvalue weighted by Crippen LogP contribution is -2.62. The molecule has 7 atom stereocenters. The molecule has 1 saturated heterocycles. The molecule has 2 N–H and O–H groups in total. The minimum absolute atomic E-state index is 0.104. The maximum atomic E-state index is 13.8. The lowest BCUT2D eigenvalue weighted by atomic mass is 9.45. The number of aliphatic hydroxyl groups is 2. The number of ketones is 1. The highest BCUT2D eigenvalue weighted by molar-refractivity contribution is 8.01. The topological polar surface area (TPSA) is 110 Å². The van der Waals surface area contributed by atoms with Crippen molar-refractivity contribution in [3.8, 4) is 0 Å². The Balaban J connectivity index is 1.04. The van der Waals surface area contributed by atoms with Crippen LogP contribution in [0.4, 0.5) is 0 Å². The number of thioether (sulfide) groups is 1. The fourth-order valence-corrected chi connectivity index (χ4v) is 11.9. The molecule has 4 fully saturated rings. The van der Waals surface area contributed by atoms with Gasteiger partial charge in [0, 0.05) is 24.8 Å². The Morgan fingerprint density at radius 1 is 1.23 bits per heavy atom. The highest BCUT2D eigenvalue weighted by Gasteiger charge is 2.68. The van der Waals surface area contributed by atoms with E-state index in [-0.39, 0.29) is 34.7 Å². The van der Waals surface area contributed by atoms with Crippen molar-refractivity contribution in [1.29, 1.82) is 0 Å². The van der Waals surface area contributed by atoms with Crippen molar-refractivity contribution in [2.45, 2.75) is 87.3 Å². The standard InChI is InChI=1S/C33H40N4O4S2/c1-31-15-19-17-35-37(21-8-12-41-13-9-21)25(19)14-20(31)5-6-22-23-7-10-33(40,32(23,2)16-26(38)28(22)31)27(39)18-42-30-36-24-4-3-11-34-29(24)43-30/h3-4,11,14,17,21-23,26,28,38,40H,5-10,12-13,15-16,18H2,1-2H3/t22?,23?,26-,28?,31?,32?,33-/m0/s1. The second kappa shape index (κ2) is 10.2. The van der Waals surface area contributed by atoms with Crippen molar-refractivity contribution in [3.05, 3.63) is 41.4 Å². The number of pyridine rings is 1. The molecular weight excluding hydrogens is 581 g/mol. The number of hydrogen-bond acceptors (Lipinski definition) is 9. The van der Waals surface area contributed by atoms with E-state index in [9.17, 15) is 15.0 Å². The Kier molecular flexibility index (Phi) is 6.73. The smallest absolute Gasteiger partial charge is 0.175 e. The summed E-state index contributed by atoms with van der Waals surface area (Å²) < 4.78 is 8.63. The van der Waals surface area contributed by atoms with Crippen LogP contribution in [0.1, 0.15) is 76.1 Å². The molecule has 3 aromatic heterocycles. The highest BCUT2D eigenvalue weighted by Crippen LogP contribution is 2.67. The number of carbonyl (C=O) groups is 1. The van der Waals surface area contributed by atoms with E-state index < -0.39 is 17.1 Å². The Hall–Kier alpha value is -2.11. The van der Waals surface area contributed by atoms with Crippen LogP contribution in [0.5, 0.6) is 0 Å². The number of Topliss-reactive ketones (excluding diaryl/α,β-unsaturated/α-hetero) is 1. The number of allylic oxidation sites excluding steroid dienone is 1. The van der Waals surface area contributed by atoms with Gasteiger partial charge in [-0.3, -0.25) is 9.48 Å². The van der Waals surface area contributed by atoms with Crippen LogP contribution in [0.2, 0.25) is 0 Å². The lowest BCUT2D eigenvalue weighted by Gasteiger charge is -2.60. The molecule has 8 nitrogen and oxygen atoms in total. The van der Waals surface area contributed by atoms with Gasteiger partial charge in [-0.15, -0.1) is 0 Å². The van der Waals surface area contributed by atoms with E-state index in [4.69, 9.17) is 9.84 Å². The molecule has 0 aromatic carbocycles. The first-order valence-corrected chi connectivity index (χ1v) is 17.6. The number of hydrogen-bond donors (Lipinski definition) is 2. The van der Waals surface area contributed by atoms with Crippen molar-refractivity contribution >= 4 is 45.3 Å².